The van der Waals surface area contributed by atoms with Gasteiger partial charge >= 0.3 is 0 Å². The Hall–Kier alpha value is -2.89. The predicted molar refractivity (Wildman–Crippen MR) is 105 cm³/mol. The van der Waals surface area contributed by atoms with Crippen molar-refractivity contribution in [3.8, 4) is 0 Å². The second-order valence-electron chi connectivity index (χ2n) is 7.52. The Kier molecular flexibility index (Phi) is 4.56. The van der Waals surface area contributed by atoms with Gasteiger partial charge in [-0.2, -0.15) is 0 Å². The van der Waals surface area contributed by atoms with Crippen LogP contribution in [0.2, 0.25) is 0 Å². The van der Waals surface area contributed by atoms with E-state index in [1.54, 1.807) is 6.07 Å². The molecule has 1 fully saturated rings. The molecule has 140 valence electrons. The lowest BCUT2D eigenvalue weighted by Crippen LogP contribution is -2.39. The molecule has 2 aromatic heterocycles. The highest BCUT2D eigenvalue weighted by Gasteiger charge is 2.29. The van der Waals surface area contributed by atoms with Crippen LogP contribution in [-0.4, -0.2) is 34.0 Å². The van der Waals surface area contributed by atoms with Crippen LogP contribution in [0.1, 0.15) is 60.5 Å². The molecule has 1 unspecified atom stereocenters. The number of hydrogen-bond donors (Lipinski definition) is 1. The minimum Gasteiger partial charge on any atom is -0.397 e. The Balaban J connectivity index is 1.57. The molecule has 6 heteroatoms. The summed E-state index contributed by atoms with van der Waals surface area (Å²) in [5.41, 5.74) is 9.18. The lowest BCUT2D eigenvalue weighted by Gasteiger charge is -2.32. The number of nitrogens with zero attached hydrogens (tertiary/aromatic N) is 3. The molecule has 1 aromatic carbocycles. The Labute approximate surface area is 158 Å². The average Bonchev–Trinajstić information content (AvgIpc) is 3.17. The molecule has 4 rings (SSSR count). The van der Waals surface area contributed by atoms with Gasteiger partial charge in [-0.15, -0.1) is 0 Å². The van der Waals surface area contributed by atoms with Gasteiger partial charge in [0.15, 0.2) is 5.69 Å². The molecule has 6 nitrogen and oxygen atoms in total. The highest BCUT2D eigenvalue weighted by molar-refractivity contribution is 5.92. The number of rotatable bonds is 3. The Bertz CT molecular complexity index is 979. The molecule has 1 saturated heterocycles. The summed E-state index contributed by atoms with van der Waals surface area (Å²) in [5.74, 6) is 0.973. The van der Waals surface area contributed by atoms with E-state index < -0.39 is 0 Å². The fraction of sp³-hybridized carbons (Fsp3) is 0.381. The quantitative estimate of drug-likeness (QED) is 0.760. The van der Waals surface area contributed by atoms with Crippen LogP contribution in [0.5, 0.6) is 0 Å². The van der Waals surface area contributed by atoms with E-state index in [0.29, 0.717) is 24.5 Å². The molecule has 0 saturated carbocycles. The van der Waals surface area contributed by atoms with Crippen molar-refractivity contribution in [3.63, 3.8) is 0 Å². The van der Waals surface area contributed by atoms with Crippen molar-refractivity contribution >= 4 is 22.5 Å². The van der Waals surface area contributed by atoms with Crippen molar-refractivity contribution in [2.24, 2.45) is 0 Å². The summed E-state index contributed by atoms with van der Waals surface area (Å²) in [6.07, 6.45) is 1.88. The number of carbonyl (C=O) groups is 1. The summed E-state index contributed by atoms with van der Waals surface area (Å²) < 4.78 is 5.29. The second kappa shape index (κ2) is 7.02. The lowest BCUT2D eigenvalue weighted by atomic mass is 9.92. The number of nitrogens with two attached hydrogens (primary N) is 1. The molecule has 2 N–H and O–H groups in total. The number of hydrogen-bond acceptors (Lipinski definition) is 5. The van der Waals surface area contributed by atoms with Crippen molar-refractivity contribution in [2.45, 2.75) is 38.5 Å². The van der Waals surface area contributed by atoms with Crippen LogP contribution in [0, 0.1) is 0 Å². The summed E-state index contributed by atoms with van der Waals surface area (Å²) in [6, 6.07) is 11.7. The molecule has 0 bridgehead atoms. The first-order valence-electron chi connectivity index (χ1n) is 9.44. The summed E-state index contributed by atoms with van der Waals surface area (Å²) in [4.78, 5) is 19.5. The van der Waals surface area contributed by atoms with Gasteiger partial charge in [-0.1, -0.05) is 37.2 Å². The second-order valence-corrected chi connectivity index (χ2v) is 7.52. The number of anilines is 1. The maximum atomic E-state index is 12.9. The number of carbonyl (C=O) groups excluding carboxylic acids is 1. The van der Waals surface area contributed by atoms with E-state index in [-0.39, 0.29) is 17.7 Å². The maximum absolute atomic E-state index is 12.9. The van der Waals surface area contributed by atoms with E-state index in [1.807, 2.05) is 49.1 Å². The Morgan fingerprint density at radius 1 is 1.30 bits per heavy atom. The topological polar surface area (TPSA) is 85.2 Å². The number of benzene rings is 1. The molecule has 3 aromatic rings. The van der Waals surface area contributed by atoms with Crippen LogP contribution in [0.4, 0.5) is 5.69 Å². The van der Waals surface area contributed by atoms with Crippen molar-refractivity contribution in [1.29, 1.82) is 0 Å². The van der Waals surface area contributed by atoms with Gasteiger partial charge in [0.05, 0.1) is 16.9 Å². The zero-order valence-electron chi connectivity index (χ0n) is 15.7. The third-order valence-electron chi connectivity index (χ3n) is 5.20. The summed E-state index contributed by atoms with van der Waals surface area (Å²) in [7, 11) is 0. The van der Waals surface area contributed by atoms with Gasteiger partial charge in [0.2, 0.25) is 0 Å². The van der Waals surface area contributed by atoms with Crippen molar-refractivity contribution in [3.05, 3.63) is 53.5 Å². The number of aromatic nitrogens is 2. The van der Waals surface area contributed by atoms with E-state index in [0.717, 1.165) is 35.2 Å². The van der Waals surface area contributed by atoms with Gasteiger partial charge in [0.25, 0.3) is 5.91 Å². The number of para-hydroxylation sites is 1. The predicted octanol–water partition coefficient (Wildman–Crippen LogP) is 3.95. The molecular formula is C21H24N4O2. The monoisotopic (exact) mass is 364 g/mol. The standard InChI is InChI=1S/C21H24N4O2/c1-13(2)19-11-18(24-27-19)21(26)25-9-5-7-15(12-25)20-16(22)10-14-6-3-4-8-17(14)23-20/h3-4,6,8,10-11,13,15H,5,7,9,12,22H2,1-2H3. The zero-order chi connectivity index (χ0) is 19.0. The van der Waals surface area contributed by atoms with Crippen LogP contribution in [0.3, 0.4) is 0 Å². The van der Waals surface area contributed by atoms with E-state index in [4.69, 9.17) is 15.2 Å². The van der Waals surface area contributed by atoms with E-state index in [1.165, 1.54) is 0 Å². The van der Waals surface area contributed by atoms with Crippen molar-refractivity contribution in [2.75, 3.05) is 18.8 Å². The van der Waals surface area contributed by atoms with Crippen LogP contribution in [-0.2, 0) is 0 Å². The van der Waals surface area contributed by atoms with Crippen LogP contribution in [0.25, 0.3) is 10.9 Å². The molecule has 1 aliphatic rings. The maximum Gasteiger partial charge on any atom is 0.276 e. The molecule has 1 amide bonds. The number of fused-ring (bicyclic) bond motifs is 1. The summed E-state index contributed by atoms with van der Waals surface area (Å²) >= 11 is 0. The van der Waals surface area contributed by atoms with Gasteiger partial charge in [-0.25, -0.2) is 0 Å². The molecule has 0 aliphatic carbocycles. The van der Waals surface area contributed by atoms with Crippen LogP contribution >= 0.6 is 0 Å². The molecule has 3 heterocycles. The van der Waals surface area contributed by atoms with Gasteiger partial charge in [0, 0.05) is 36.4 Å². The average molecular weight is 364 g/mol. The van der Waals surface area contributed by atoms with Crippen molar-refractivity contribution in [1.82, 2.24) is 15.0 Å². The van der Waals surface area contributed by atoms with Crippen molar-refractivity contribution < 1.29 is 9.32 Å². The molecule has 0 spiro atoms. The normalized spacial score (nSPS) is 17.6. The van der Waals surface area contributed by atoms with E-state index in [2.05, 4.69) is 5.16 Å². The minimum absolute atomic E-state index is 0.0882. The van der Waals surface area contributed by atoms with E-state index >= 15 is 0 Å². The van der Waals surface area contributed by atoms with Gasteiger partial charge in [-0.3, -0.25) is 9.78 Å². The van der Waals surface area contributed by atoms with Gasteiger partial charge in [-0.05, 0) is 25.0 Å². The minimum atomic E-state index is -0.0882. The lowest BCUT2D eigenvalue weighted by molar-refractivity contribution is 0.0695. The summed E-state index contributed by atoms with van der Waals surface area (Å²) in [6.45, 7) is 5.34. The number of nitrogen functional groups attached to an aromatic ring is 1. The highest BCUT2D eigenvalue weighted by Crippen LogP contribution is 2.32. The van der Waals surface area contributed by atoms with Gasteiger partial charge in [0.1, 0.15) is 5.76 Å². The molecular weight excluding hydrogens is 340 g/mol. The smallest absolute Gasteiger partial charge is 0.276 e. The third-order valence-corrected chi connectivity index (χ3v) is 5.20. The first-order chi connectivity index (χ1) is 13.0. The number of piperidine rings is 1. The largest absolute Gasteiger partial charge is 0.397 e. The molecule has 0 radical (unpaired) electrons. The molecule has 27 heavy (non-hydrogen) atoms. The fourth-order valence-electron chi connectivity index (χ4n) is 3.68. The van der Waals surface area contributed by atoms with E-state index in [9.17, 15) is 4.79 Å². The molecule has 1 atom stereocenters. The zero-order valence-corrected chi connectivity index (χ0v) is 15.7. The first kappa shape index (κ1) is 17.5. The highest BCUT2D eigenvalue weighted by atomic mass is 16.5. The Morgan fingerprint density at radius 3 is 2.89 bits per heavy atom. The fourth-order valence-corrected chi connectivity index (χ4v) is 3.68. The summed E-state index contributed by atoms with van der Waals surface area (Å²) in [5, 5.41) is 5.00. The van der Waals surface area contributed by atoms with Crippen LogP contribution in [0.15, 0.2) is 40.9 Å². The third kappa shape index (κ3) is 3.39. The number of likely N-dealkylation sites (tertiary alicyclic amines) is 1. The van der Waals surface area contributed by atoms with Gasteiger partial charge < -0.3 is 15.2 Å². The molecule has 1 aliphatic heterocycles. The van der Waals surface area contributed by atoms with Crippen LogP contribution < -0.4 is 5.73 Å². The first-order valence-corrected chi connectivity index (χ1v) is 9.44. The number of pyridine rings is 1. The number of amides is 1. The Morgan fingerprint density at radius 2 is 2.11 bits per heavy atom. The SMILES string of the molecule is CC(C)c1cc(C(=O)N2CCCC(c3nc4ccccc4cc3N)C2)no1.